The Labute approximate surface area is 100 Å². The van der Waals surface area contributed by atoms with Crippen LogP contribution in [0.2, 0.25) is 0 Å². The van der Waals surface area contributed by atoms with Crippen molar-refractivity contribution < 1.29 is 0 Å². The number of nitriles is 1. The molecule has 1 aliphatic carbocycles. The molecular formula is C12H15N3S. The largest absolute Gasteiger partial charge is 0.227 e. The molecule has 0 atom stereocenters. The molecule has 1 heterocycles. The maximum Gasteiger partial charge on any atom is 0.202 e. The van der Waals surface area contributed by atoms with Crippen molar-refractivity contribution in [3.8, 4) is 5.40 Å². The van der Waals surface area contributed by atoms with E-state index in [4.69, 9.17) is 5.26 Å². The number of rotatable bonds is 2. The molecule has 1 saturated carbocycles. The second-order valence-corrected chi connectivity index (χ2v) is 5.02. The summed E-state index contributed by atoms with van der Waals surface area (Å²) in [6.07, 6.45) is 5.15. The van der Waals surface area contributed by atoms with Crippen molar-refractivity contribution in [3.63, 3.8) is 0 Å². The molecule has 0 aromatic carbocycles. The SMILES string of the molecule is Cc1nc(SC#N)nc(C)c1C1CCCC1. The van der Waals surface area contributed by atoms with Crippen LogP contribution in [0.3, 0.4) is 0 Å². The minimum absolute atomic E-state index is 0.583. The Morgan fingerprint density at radius 3 is 2.25 bits per heavy atom. The van der Waals surface area contributed by atoms with Crippen LogP contribution in [0, 0.1) is 24.5 Å². The summed E-state index contributed by atoms with van der Waals surface area (Å²) in [5.41, 5.74) is 3.43. The first-order chi connectivity index (χ1) is 7.72. The van der Waals surface area contributed by atoms with E-state index in [1.165, 1.54) is 31.2 Å². The van der Waals surface area contributed by atoms with Crippen LogP contribution < -0.4 is 0 Å². The normalized spacial score (nSPS) is 16.3. The number of hydrogen-bond acceptors (Lipinski definition) is 4. The molecule has 3 nitrogen and oxygen atoms in total. The molecule has 1 aromatic rings. The highest BCUT2D eigenvalue weighted by molar-refractivity contribution is 8.03. The maximum atomic E-state index is 8.62. The number of aryl methyl sites for hydroxylation is 2. The van der Waals surface area contributed by atoms with Crippen molar-refractivity contribution >= 4 is 11.8 Å². The van der Waals surface area contributed by atoms with Crippen LogP contribution in [0.25, 0.3) is 0 Å². The van der Waals surface area contributed by atoms with Crippen molar-refractivity contribution in [1.82, 2.24) is 9.97 Å². The molecule has 1 fully saturated rings. The molecule has 1 aliphatic rings. The molecule has 0 N–H and O–H groups in total. The van der Waals surface area contributed by atoms with E-state index in [-0.39, 0.29) is 0 Å². The fraction of sp³-hybridized carbons (Fsp3) is 0.583. The zero-order valence-corrected chi connectivity index (χ0v) is 10.5. The van der Waals surface area contributed by atoms with Gasteiger partial charge in [-0.2, -0.15) is 5.26 Å². The standard InChI is InChI=1S/C12H15N3S/c1-8-11(10-5-3-4-6-10)9(2)15-12(14-8)16-7-13/h10H,3-6H2,1-2H3. The van der Waals surface area contributed by atoms with Gasteiger partial charge < -0.3 is 0 Å². The second kappa shape index (κ2) is 4.84. The van der Waals surface area contributed by atoms with Gasteiger partial charge in [-0.15, -0.1) is 0 Å². The van der Waals surface area contributed by atoms with Gasteiger partial charge in [-0.1, -0.05) is 12.8 Å². The van der Waals surface area contributed by atoms with Crippen LogP contribution in [-0.2, 0) is 0 Å². The van der Waals surface area contributed by atoms with Gasteiger partial charge in [0, 0.05) is 23.1 Å². The first kappa shape index (κ1) is 11.4. The summed E-state index contributed by atoms with van der Waals surface area (Å²) in [6.45, 7) is 4.06. The number of aromatic nitrogens is 2. The maximum absolute atomic E-state index is 8.62. The molecule has 0 amide bonds. The average molecular weight is 233 g/mol. The van der Waals surface area contributed by atoms with Crippen LogP contribution in [0.15, 0.2) is 5.16 Å². The van der Waals surface area contributed by atoms with E-state index in [9.17, 15) is 0 Å². The molecule has 0 aliphatic heterocycles. The van der Waals surface area contributed by atoms with E-state index in [1.54, 1.807) is 0 Å². The summed E-state index contributed by atoms with van der Waals surface area (Å²) in [5.74, 6) is 0.640. The summed E-state index contributed by atoms with van der Waals surface area (Å²) >= 11 is 1.04. The van der Waals surface area contributed by atoms with Crippen molar-refractivity contribution in [2.24, 2.45) is 0 Å². The Bertz CT molecular complexity index is 407. The van der Waals surface area contributed by atoms with Crippen LogP contribution in [0.4, 0.5) is 0 Å². The van der Waals surface area contributed by atoms with Crippen molar-refractivity contribution in [2.45, 2.75) is 50.6 Å². The summed E-state index contributed by atoms with van der Waals surface area (Å²) in [5, 5.41) is 11.2. The van der Waals surface area contributed by atoms with E-state index in [0.29, 0.717) is 11.1 Å². The molecule has 84 valence electrons. The second-order valence-electron chi connectivity index (χ2n) is 4.27. The summed E-state index contributed by atoms with van der Waals surface area (Å²) < 4.78 is 0. The molecule has 0 saturated heterocycles. The fourth-order valence-electron chi connectivity index (χ4n) is 2.59. The van der Waals surface area contributed by atoms with Gasteiger partial charge in [-0.25, -0.2) is 9.97 Å². The van der Waals surface area contributed by atoms with Crippen LogP contribution in [-0.4, -0.2) is 9.97 Å². The lowest BCUT2D eigenvalue weighted by Crippen LogP contribution is -2.05. The molecule has 2 rings (SSSR count). The van der Waals surface area contributed by atoms with Gasteiger partial charge in [0.1, 0.15) is 5.40 Å². The Hall–Kier alpha value is -1.08. The third kappa shape index (κ3) is 2.19. The van der Waals surface area contributed by atoms with Crippen molar-refractivity contribution in [2.75, 3.05) is 0 Å². The summed E-state index contributed by atoms with van der Waals surface area (Å²) in [6, 6.07) is 0. The minimum Gasteiger partial charge on any atom is -0.227 e. The summed E-state index contributed by atoms with van der Waals surface area (Å²) in [7, 11) is 0. The Morgan fingerprint density at radius 1 is 1.19 bits per heavy atom. The van der Waals surface area contributed by atoms with E-state index in [0.717, 1.165) is 23.1 Å². The van der Waals surface area contributed by atoms with Gasteiger partial charge >= 0.3 is 0 Å². The zero-order valence-electron chi connectivity index (χ0n) is 9.66. The lowest BCUT2D eigenvalue weighted by molar-refractivity contribution is 0.686. The lowest BCUT2D eigenvalue weighted by atomic mass is 9.95. The predicted octanol–water partition coefficient (Wildman–Crippen LogP) is 3.32. The monoisotopic (exact) mass is 233 g/mol. The third-order valence-electron chi connectivity index (χ3n) is 3.21. The van der Waals surface area contributed by atoms with Crippen LogP contribution >= 0.6 is 11.8 Å². The Morgan fingerprint density at radius 2 is 1.75 bits per heavy atom. The van der Waals surface area contributed by atoms with E-state index >= 15 is 0 Å². The van der Waals surface area contributed by atoms with Crippen LogP contribution in [0.5, 0.6) is 0 Å². The number of hydrogen-bond donors (Lipinski definition) is 0. The minimum atomic E-state index is 0.583. The quantitative estimate of drug-likeness (QED) is 0.446. The van der Waals surface area contributed by atoms with Gasteiger partial charge in [0.05, 0.1) is 0 Å². The van der Waals surface area contributed by atoms with Gasteiger partial charge in [0.15, 0.2) is 0 Å². The molecule has 1 aromatic heterocycles. The first-order valence-electron chi connectivity index (χ1n) is 5.63. The summed E-state index contributed by atoms with van der Waals surface area (Å²) in [4.78, 5) is 8.80. The highest BCUT2D eigenvalue weighted by atomic mass is 32.2. The van der Waals surface area contributed by atoms with E-state index in [2.05, 4.69) is 9.97 Å². The topological polar surface area (TPSA) is 49.6 Å². The average Bonchev–Trinajstić information content (AvgIpc) is 2.70. The highest BCUT2D eigenvalue weighted by Gasteiger charge is 2.22. The number of thiocyanates is 1. The van der Waals surface area contributed by atoms with Gasteiger partial charge in [-0.3, -0.25) is 0 Å². The first-order valence-corrected chi connectivity index (χ1v) is 6.45. The van der Waals surface area contributed by atoms with E-state index in [1.807, 2.05) is 19.2 Å². The Kier molecular flexibility index (Phi) is 3.45. The zero-order chi connectivity index (χ0) is 11.5. The molecule has 0 spiro atoms. The van der Waals surface area contributed by atoms with Crippen molar-refractivity contribution in [3.05, 3.63) is 17.0 Å². The molecular weight excluding hydrogens is 218 g/mol. The van der Waals surface area contributed by atoms with Crippen LogP contribution in [0.1, 0.15) is 48.6 Å². The van der Waals surface area contributed by atoms with Crippen molar-refractivity contribution in [1.29, 1.82) is 5.26 Å². The molecule has 0 bridgehead atoms. The van der Waals surface area contributed by atoms with Gasteiger partial charge in [-0.05, 0) is 38.2 Å². The fourth-order valence-corrected chi connectivity index (χ4v) is 3.03. The van der Waals surface area contributed by atoms with E-state index < -0.39 is 0 Å². The number of thioether (sulfide) groups is 1. The smallest absolute Gasteiger partial charge is 0.202 e. The van der Waals surface area contributed by atoms with Gasteiger partial charge in [0.25, 0.3) is 0 Å². The lowest BCUT2D eigenvalue weighted by Gasteiger charge is -2.15. The highest BCUT2D eigenvalue weighted by Crippen LogP contribution is 2.36. The Balaban J connectivity index is 2.35. The molecule has 16 heavy (non-hydrogen) atoms. The predicted molar refractivity (Wildman–Crippen MR) is 64.2 cm³/mol. The van der Waals surface area contributed by atoms with Gasteiger partial charge in [0.2, 0.25) is 5.16 Å². The molecule has 0 unspecified atom stereocenters. The molecule has 4 heteroatoms. The molecule has 0 radical (unpaired) electrons. The third-order valence-corrected chi connectivity index (χ3v) is 3.66. The number of nitrogens with zero attached hydrogens (tertiary/aromatic N) is 3.